The first-order chi connectivity index (χ1) is 8.34. The van der Waals surface area contributed by atoms with Gasteiger partial charge in [0.15, 0.2) is 0 Å². The number of halogens is 3. The van der Waals surface area contributed by atoms with Crippen LogP contribution in [0.1, 0.15) is 18.9 Å². The minimum absolute atomic E-state index is 0.0781. The highest BCUT2D eigenvalue weighted by molar-refractivity contribution is 9.10. The average molecular weight is 359 g/mol. The lowest BCUT2D eigenvalue weighted by molar-refractivity contribution is 0.461. The van der Waals surface area contributed by atoms with Gasteiger partial charge in [-0.25, -0.2) is 17.1 Å². The Kier molecular flexibility index (Phi) is 5.58. The summed E-state index contributed by atoms with van der Waals surface area (Å²) >= 11 is 8.76. The zero-order chi connectivity index (χ0) is 13.9. The highest BCUT2D eigenvalue weighted by Gasteiger charge is 2.26. The van der Waals surface area contributed by atoms with Crippen LogP contribution in [-0.4, -0.2) is 26.3 Å². The molecule has 0 aliphatic rings. The summed E-state index contributed by atoms with van der Waals surface area (Å²) in [7, 11) is -2.39. The molecule has 0 aromatic heterocycles. The van der Waals surface area contributed by atoms with Crippen molar-refractivity contribution < 1.29 is 12.8 Å². The van der Waals surface area contributed by atoms with Gasteiger partial charge in [0.1, 0.15) is 10.7 Å². The molecule has 0 aliphatic carbocycles. The summed E-state index contributed by atoms with van der Waals surface area (Å²) in [6, 6.07) is 2.73. The molecule has 0 saturated carbocycles. The molecule has 3 nitrogen and oxygen atoms in total. The van der Waals surface area contributed by atoms with E-state index in [1.165, 1.54) is 19.2 Å². The van der Waals surface area contributed by atoms with Crippen LogP contribution in [0.15, 0.2) is 21.5 Å². The van der Waals surface area contributed by atoms with E-state index in [4.69, 9.17) is 11.6 Å². The summed E-state index contributed by atoms with van der Waals surface area (Å²) in [5.41, 5.74) is 0.162. The Hall–Kier alpha value is -0.170. The van der Waals surface area contributed by atoms with Gasteiger partial charge in [-0.2, -0.15) is 0 Å². The summed E-state index contributed by atoms with van der Waals surface area (Å²) in [5, 5.41) is 0. The van der Waals surface area contributed by atoms with Crippen LogP contribution in [0.2, 0.25) is 0 Å². The number of sulfonamides is 1. The van der Waals surface area contributed by atoms with E-state index in [1.54, 1.807) is 0 Å². The molecule has 0 unspecified atom stereocenters. The van der Waals surface area contributed by atoms with Crippen LogP contribution in [0.25, 0.3) is 0 Å². The highest BCUT2D eigenvalue weighted by atomic mass is 79.9. The number of hydrogen-bond acceptors (Lipinski definition) is 2. The molecule has 102 valence electrons. The molecular formula is C11H14BrClFNO2S. The predicted molar refractivity (Wildman–Crippen MR) is 73.8 cm³/mol. The van der Waals surface area contributed by atoms with Crippen LogP contribution in [0.5, 0.6) is 0 Å². The van der Waals surface area contributed by atoms with Gasteiger partial charge in [-0.3, -0.25) is 0 Å². The molecule has 1 aromatic carbocycles. The third kappa shape index (κ3) is 3.23. The first kappa shape index (κ1) is 15.9. The van der Waals surface area contributed by atoms with Crippen molar-refractivity contribution in [2.24, 2.45) is 0 Å². The second-order valence-electron chi connectivity index (χ2n) is 3.84. The molecular weight excluding hydrogens is 345 g/mol. The van der Waals surface area contributed by atoms with Crippen molar-refractivity contribution in [3.8, 4) is 0 Å². The van der Waals surface area contributed by atoms with E-state index in [2.05, 4.69) is 15.9 Å². The molecule has 18 heavy (non-hydrogen) atoms. The van der Waals surface area contributed by atoms with Crippen LogP contribution >= 0.6 is 27.5 Å². The first-order valence-electron chi connectivity index (χ1n) is 5.34. The minimum atomic E-state index is -3.82. The summed E-state index contributed by atoms with van der Waals surface area (Å²) in [6.07, 6.45) is 0.660. The number of rotatable bonds is 5. The van der Waals surface area contributed by atoms with Crippen molar-refractivity contribution in [1.82, 2.24) is 4.31 Å². The second-order valence-corrected chi connectivity index (χ2v) is 7.03. The van der Waals surface area contributed by atoms with Crippen LogP contribution < -0.4 is 0 Å². The van der Waals surface area contributed by atoms with E-state index < -0.39 is 15.8 Å². The van der Waals surface area contributed by atoms with Gasteiger partial charge in [0.05, 0.1) is 5.88 Å². The number of alkyl halides is 1. The van der Waals surface area contributed by atoms with Crippen LogP contribution in [0, 0.1) is 5.82 Å². The molecule has 1 rings (SSSR count). The topological polar surface area (TPSA) is 37.4 Å². The molecule has 0 heterocycles. The maximum Gasteiger partial charge on any atom is 0.245 e. The van der Waals surface area contributed by atoms with Gasteiger partial charge in [-0.15, -0.1) is 11.6 Å². The van der Waals surface area contributed by atoms with Gasteiger partial charge >= 0.3 is 0 Å². The zero-order valence-corrected chi connectivity index (χ0v) is 13.2. The van der Waals surface area contributed by atoms with Crippen molar-refractivity contribution in [3.05, 3.63) is 28.0 Å². The van der Waals surface area contributed by atoms with Gasteiger partial charge in [-0.1, -0.05) is 22.9 Å². The maximum atomic E-state index is 14.0. The van der Waals surface area contributed by atoms with Gasteiger partial charge in [-0.05, 0) is 18.6 Å². The summed E-state index contributed by atoms with van der Waals surface area (Å²) in [6.45, 7) is 2.19. The van der Waals surface area contributed by atoms with Crippen molar-refractivity contribution >= 4 is 37.6 Å². The van der Waals surface area contributed by atoms with Crippen LogP contribution in [0.3, 0.4) is 0 Å². The van der Waals surface area contributed by atoms with Crippen molar-refractivity contribution in [2.75, 3.05) is 13.6 Å². The molecule has 0 fully saturated rings. The van der Waals surface area contributed by atoms with Gasteiger partial charge < -0.3 is 0 Å². The lowest BCUT2D eigenvalue weighted by Crippen LogP contribution is -2.28. The van der Waals surface area contributed by atoms with Gasteiger partial charge in [0.25, 0.3) is 0 Å². The summed E-state index contributed by atoms with van der Waals surface area (Å²) in [5.74, 6) is -0.859. The first-order valence-corrected chi connectivity index (χ1v) is 8.11. The SMILES string of the molecule is CCCN(C)S(=O)(=O)c1cc(Br)cc(CCl)c1F. The van der Waals surface area contributed by atoms with Gasteiger partial charge in [0, 0.05) is 23.6 Å². The summed E-state index contributed by atoms with van der Waals surface area (Å²) < 4.78 is 40.0. The Morgan fingerprint density at radius 3 is 2.56 bits per heavy atom. The van der Waals surface area contributed by atoms with E-state index in [9.17, 15) is 12.8 Å². The Labute approximate surface area is 120 Å². The van der Waals surface area contributed by atoms with Crippen LogP contribution in [0.4, 0.5) is 4.39 Å². The molecule has 0 spiro atoms. The van der Waals surface area contributed by atoms with Crippen LogP contribution in [-0.2, 0) is 15.9 Å². The highest BCUT2D eigenvalue weighted by Crippen LogP contribution is 2.27. The van der Waals surface area contributed by atoms with Crippen molar-refractivity contribution in [2.45, 2.75) is 24.1 Å². The van der Waals surface area contributed by atoms with Crippen molar-refractivity contribution in [3.63, 3.8) is 0 Å². The Balaban J connectivity index is 3.37. The largest absolute Gasteiger partial charge is 0.245 e. The smallest absolute Gasteiger partial charge is 0.207 e. The van der Waals surface area contributed by atoms with E-state index in [0.29, 0.717) is 17.4 Å². The standard InChI is InChI=1S/C11H14BrClFNO2S/c1-3-4-15(2)18(16,17)10-6-9(12)5-8(7-13)11(10)14/h5-6H,3-4,7H2,1-2H3. The average Bonchev–Trinajstić information content (AvgIpc) is 2.31. The van der Waals surface area contributed by atoms with E-state index in [-0.39, 0.29) is 16.3 Å². The minimum Gasteiger partial charge on any atom is -0.207 e. The lowest BCUT2D eigenvalue weighted by Gasteiger charge is -2.17. The predicted octanol–water partition coefficient (Wildman–Crippen LogP) is 3.36. The fourth-order valence-electron chi connectivity index (χ4n) is 1.51. The molecule has 0 N–H and O–H groups in total. The summed E-state index contributed by atoms with van der Waals surface area (Å²) in [4.78, 5) is -0.344. The van der Waals surface area contributed by atoms with Gasteiger partial charge in [0.2, 0.25) is 10.0 Å². The monoisotopic (exact) mass is 357 g/mol. The Morgan fingerprint density at radius 1 is 1.44 bits per heavy atom. The Bertz CT molecular complexity index is 536. The van der Waals surface area contributed by atoms with E-state index >= 15 is 0 Å². The normalized spacial score (nSPS) is 12.1. The molecule has 0 atom stereocenters. The number of benzene rings is 1. The van der Waals surface area contributed by atoms with E-state index in [1.807, 2.05) is 6.92 Å². The zero-order valence-electron chi connectivity index (χ0n) is 10.1. The molecule has 7 heteroatoms. The molecule has 0 amide bonds. The molecule has 0 bridgehead atoms. The third-order valence-corrected chi connectivity index (χ3v) is 5.05. The third-order valence-electron chi connectivity index (χ3n) is 2.45. The lowest BCUT2D eigenvalue weighted by atomic mass is 10.2. The number of hydrogen-bond donors (Lipinski definition) is 0. The van der Waals surface area contributed by atoms with Crippen molar-refractivity contribution in [1.29, 1.82) is 0 Å². The molecule has 1 aromatic rings. The second kappa shape index (κ2) is 6.32. The molecule has 0 radical (unpaired) electrons. The fraction of sp³-hybridized carbons (Fsp3) is 0.455. The quantitative estimate of drug-likeness (QED) is 0.757. The van der Waals surface area contributed by atoms with E-state index in [0.717, 1.165) is 4.31 Å². The number of nitrogens with zero attached hydrogens (tertiary/aromatic N) is 1. The fourth-order valence-corrected chi connectivity index (χ4v) is 3.75. The Morgan fingerprint density at radius 2 is 2.06 bits per heavy atom. The molecule has 0 aliphatic heterocycles. The maximum absolute atomic E-state index is 14.0. The molecule has 0 saturated heterocycles.